The summed E-state index contributed by atoms with van der Waals surface area (Å²) in [5.74, 6) is 0. The standard InChI is InChI=1S/C25H42/c1-4-6-9-13-24-15-14-23(21-22(24)3)16-20-25(17-10-7-5-2)18-11-8-12-19-25/h14-15,21H,4-13,16-20H2,1-3H3. The van der Waals surface area contributed by atoms with Gasteiger partial charge in [-0.3, -0.25) is 0 Å². The highest BCUT2D eigenvalue weighted by Crippen LogP contribution is 2.44. The van der Waals surface area contributed by atoms with Crippen molar-refractivity contribution in [3.8, 4) is 0 Å². The molecule has 0 aliphatic heterocycles. The van der Waals surface area contributed by atoms with Gasteiger partial charge in [-0.1, -0.05) is 83.4 Å². The molecule has 0 amide bonds. The highest BCUT2D eigenvalue weighted by atomic mass is 14.4. The molecule has 0 nitrogen and oxygen atoms in total. The molecule has 0 saturated heterocycles. The van der Waals surface area contributed by atoms with Crippen LogP contribution in [0.5, 0.6) is 0 Å². The smallest absolute Gasteiger partial charge is 0.0273 e. The summed E-state index contributed by atoms with van der Waals surface area (Å²) < 4.78 is 0. The lowest BCUT2D eigenvalue weighted by Crippen LogP contribution is -2.25. The Hall–Kier alpha value is -0.780. The molecule has 142 valence electrons. The summed E-state index contributed by atoms with van der Waals surface area (Å²) in [6.07, 6.45) is 21.1. The van der Waals surface area contributed by atoms with E-state index in [1.165, 1.54) is 102 Å². The highest BCUT2D eigenvalue weighted by Gasteiger charge is 2.30. The Kier molecular flexibility index (Phi) is 9.07. The first-order chi connectivity index (χ1) is 12.2. The van der Waals surface area contributed by atoms with Gasteiger partial charge in [0.2, 0.25) is 0 Å². The Balaban J connectivity index is 1.91. The van der Waals surface area contributed by atoms with E-state index in [1.54, 1.807) is 11.1 Å². The van der Waals surface area contributed by atoms with Crippen molar-refractivity contribution in [2.45, 2.75) is 117 Å². The molecular weight excluding hydrogens is 300 g/mol. The van der Waals surface area contributed by atoms with Crippen LogP contribution in [0.3, 0.4) is 0 Å². The second-order valence-electron chi connectivity index (χ2n) is 8.74. The minimum absolute atomic E-state index is 0.668. The van der Waals surface area contributed by atoms with Crippen LogP contribution in [0.2, 0.25) is 0 Å². The average molecular weight is 343 g/mol. The second-order valence-corrected chi connectivity index (χ2v) is 8.74. The van der Waals surface area contributed by atoms with Gasteiger partial charge in [0, 0.05) is 0 Å². The number of hydrogen-bond donors (Lipinski definition) is 0. The zero-order chi connectivity index (χ0) is 18.0. The van der Waals surface area contributed by atoms with Crippen LogP contribution in [-0.4, -0.2) is 0 Å². The lowest BCUT2D eigenvalue weighted by atomic mass is 9.68. The van der Waals surface area contributed by atoms with Gasteiger partial charge in [-0.05, 0) is 74.0 Å². The van der Waals surface area contributed by atoms with Crippen molar-refractivity contribution >= 4 is 0 Å². The van der Waals surface area contributed by atoms with E-state index < -0.39 is 0 Å². The average Bonchev–Trinajstić information content (AvgIpc) is 2.63. The first kappa shape index (κ1) is 20.5. The fraction of sp³-hybridized carbons (Fsp3) is 0.760. The maximum atomic E-state index is 2.49. The Morgan fingerprint density at radius 1 is 0.800 bits per heavy atom. The molecule has 1 fully saturated rings. The van der Waals surface area contributed by atoms with Crippen LogP contribution in [0.25, 0.3) is 0 Å². The molecule has 0 atom stereocenters. The molecule has 0 radical (unpaired) electrons. The van der Waals surface area contributed by atoms with Gasteiger partial charge in [-0.15, -0.1) is 0 Å². The maximum Gasteiger partial charge on any atom is -0.0273 e. The molecule has 0 bridgehead atoms. The minimum atomic E-state index is 0.668. The van der Waals surface area contributed by atoms with E-state index in [2.05, 4.69) is 39.0 Å². The van der Waals surface area contributed by atoms with Crippen LogP contribution in [-0.2, 0) is 12.8 Å². The first-order valence-electron chi connectivity index (χ1n) is 11.3. The molecule has 0 spiro atoms. The number of hydrogen-bond acceptors (Lipinski definition) is 0. The van der Waals surface area contributed by atoms with E-state index >= 15 is 0 Å². The molecule has 0 heteroatoms. The summed E-state index contributed by atoms with van der Waals surface area (Å²) in [5, 5.41) is 0. The van der Waals surface area contributed by atoms with Crippen molar-refractivity contribution in [2.75, 3.05) is 0 Å². The molecule has 2 rings (SSSR count). The molecule has 1 saturated carbocycles. The van der Waals surface area contributed by atoms with Gasteiger partial charge >= 0.3 is 0 Å². The monoisotopic (exact) mass is 342 g/mol. The molecule has 1 aliphatic carbocycles. The van der Waals surface area contributed by atoms with E-state index in [0.29, 0.717) is 5.41 Å². The predicted molar refractivity (Wildman–Crippen MR) is 112 cm³/mol. The highest BCUT2D eigenvalue weighted by molar-refractivity contribution is 5.31. The zero-order valence-corrected chi connectivity index (χ0v) is 17.3. The zero-order valence-electron chi connectivity index (χ0n) is 17.3. The van der Waals surface area contributed by atoms with Crippen LogP contribution < -0.4 is 0 Å². The summed E-state index contributed by atoms with van der Waals surface area (Å²) in [6.45, 7) is 6.94. The van der Waals surface area contributed by atoms with Crippen molar-refractivity contribution in [2.24, 2.45) is 5.41 Å². The Morgan fingerprint density at radius 2 is 1.52 bits per heavy atom. The fourth-order valence-electron chi connectivity index (χ4n) is 4.85. The molecule has 1 aromatic rings. The number of aryl methyl sites for hydroxylation is 3. The first-order valence-corrected chi connectivity index (χ1v) is 11.3. The largest absolute Gasteiger partial charge is 0.0654 e. The van der Waals surface area contributed by atoms with Crippen molar-refractivity contribution < 1.29 is 0 Å². The van der Waals surface area contributed by atoms with E-state index in [1.807, 2.05) is 0 Å². The van der Waals surface area contributed by atoms with Crippen LogP contribution in [0.1, 0.15) is 114 Å². The number of unbranched alkanes of at least 4 members (excludes halogenated alkanes) is 4. The third-order valence-electron chi connectivity index (χ3n) is 6.63. The van der Waals surface area contributed by atoms with E-state index in [4.69, 9.17) is 0 Å². The van der Waals surface area contributed by atoms with Gasteiger partial charge in [0.15, 0.2) is 0 Å². The number of rotatable bonds is 11. The summed E-state index contributed by atoms with van der Waals surface area (Å²) >= 11 is 0. The molecule has 0 N–H and O–H groups in total. The molecule has 0 heterocycles. The maximum absolute atomic E-state index is 2.49. The van der Waals surface area contributed by atoms with Crippen LogP contribution in [0.4, 0.5) is 0 Å². The third kappa shape index (κ3) is 6.80. The SMILES string of the molecule is CCCCCc1ccc(CCC2(CCCCC)CCCCC2)cc1C. The Labute approximate surface area is 157 Å². The summed E-state index contributed by atoms with van der Waals surface area (Å²) in [6, 6.07) is 7.34. The molecule has 1 aromatic carbocycles. The van der Waals surface area contributed by atoms with Crippen molar-refractivity contribution in [1.82, 2.24) is 0 Å². The molecule has 0 unspecified atom stereocenters. The van der Waals surface area contributed by atoms with Gasteiger partial charge in [0.05, 0.1) is 0 Å². The normalized spacial score (nSPS) is 16.9. The van der Waals surface area contributed by atoms with Crippen molar-refractivity contribution in [3.63, 3.8) is 0 Å². The summed E-state index contributed by atoms with van der Waals surface area (Å²) in [7, 11) is 0. The van der Waals surface area contributed by atoms with E-state index in [9.17, 15) is 0 Å². The molecule has 1 aliphatic rings. The van der Waals surface area contributed by atoms with Gasteiger partial charge in [0.1, 0.15) is 0 Å². The quantitative estimate of drug-likeness (QED) is 0.355. The third-order valence-corrected chi connectivity index (χ3v) is 6.63. The fourth-order valence-corrected chi connectivity index (χ4v) is 4.85. The van der Waals surface area contributed by atoms with Crippen LogP contribution in [0.15, 0.2) is 18.2 Å². The van der Waals surface area contributed by atoms with E-state index in [-0.39, 0.29) is 0 Å². The predicted octanol–water partition coefficient (Wildman–Crippen LogP) is 8.19. The lowest BCUT2D eigenvalue weighted by molar-refractivity contribution is 0.152. The molecular formula is C25H42. The topological polar surface area (TPSA) is 0 Å². The Bertz CT molecular complexity index is 479. The minimum Gasteiger partial charge on any atom is -0.0654 e. The van der Waals surface area contributed by atoms with Crippen molar-refractivity contribution in [1.29, 1.82) is 0 Å². The van der Waals surface area contributed by atoms with E-state index in [0.717, 1.165) is 0 Å². The number of benzene rings is 1. The van der Waals surface area contributed by atoms with Crippen LogP contribution >= 0.6 is 0 Å². The van der Waals surface area contributed by atoms with Crippen LogP contribution in [0, 0.1) is 12.3 Å². The Morgan fingerprint density at radius 3 is 2.20 bits per heavy atom. The van der Waals surface area contributed by atoms with Gasteiger partial charge in [-0.25, -0.2) is 0 Å². The van der Waals surface area contributed by atoms with Gasteiger partial charge < -0.3 is 0 Å². The molecule has 25 heavy (non-hydrogen) atoms. The summed E-state index contributed by atoms with van der Waals surface area (Å²) in [5.41, 5.74) is 5.35. The summed E-state index contributed by atoms with van der Waals surface area (Å²) in [4.78, 5) is 0. The van der Waals surface area contributed by atoms with Gasteiger partial charge in [-0.2, -0.15) is 0 Å². The van der Waals surface area contributed by atoms with Crippen molar-refractivity contribution in [3.05, 3.63) is 34.9 Å². The second kappa shape index (κ2) is 11.0. The lowest BCUT2D eigenvalue weighted by Gasteiger charge is -2.38. The van der Waals surface area contributed by atoms with Gasteiger partial charge in [0.25, 0.3) is 0 Å². The molecule has 0 aromatic heterocycles.